The largest absolute Gasteiger partial charge is 0.337 e. The van der Waals surface area contributed by atoms with Crippen molar-refractivity contribution in [2.45, 2.75) is 6.92 Å². The minimum Gasteiger partial charge on any atom is -0.337 e. The van der Waals surface area contributed by atoms with E-state index in [0.717, 1.165) is 22.5 Å². The fraction of sp³-hybridized carbons (Fsp3) is 0.235. The number of amides is 2. The van der Waals surface area contributed by atoms with Gasteiger partial charge >= 0.3 is 6.03 Å². The first kappa shape index (κ1) is 16.7. The number of nitrogens with two attached hydrogens (primary N) is 1. The number of benzene rings is 1. The van der Waals surface area contributed by atoms with E-state index < -0.39 is 0 Å². The van der Waals surface area contributed by atoms with Crippen LogP contribution in [0.5, 0.6) is 0 Å². The maximum absolute atomic E-state index is 12.1. The second-order valence-corrected chi connectivity index (χ2v) is 5.64. The van der Waals surface area contributed by atoms with E-state index in [1.165, 1.54) is 0 Å². The molecule has 0 radical (unpaired) electrons. The number of para-hydroxylation sites is 1. The zero-order valence-electron chi connectivity index (χ0n) is 14.2. The summed E-state index contributed by atoms with van der Waals surface area (Å²) < 4.78 is 3.44. The molecule has 0 saturated heterocycles. The van der Waals surface area contributed by atoms with Gasteiger partial charge in [0.25, 0.3) is 0 Å². The number of hydrogen-bond acceptors (Lipinski definition) is 4. The number of nitrogens with zero attached hydrogens (tertiary/aromatic N) is 4. The molecule has 130 valence electrons. The molecule has 0 aliphatic carbocycles. The number of hydrogen-bond donors (Lipinski definition) is 3. The summed E-state index contributed by atoms with van der Waals surface area (Å²) in [6.45, 7) is 2.71. The average Bonchev–Trinajstić information content (AvgIpc) is 3.18. The number of urea groups is 1. The van der Waals surface area contributed by atoms with Crippen molar-refractivity contribution in [2.75, 3.05) is 18.4 Å². The minimum atomic E-state index is -0.316. The zero-order chi connectivity index (χ0) is 17.8. The van der Waals surface area contributed by atoms with Gasteiger partial charge in [-0.25, -0.2) is 9.48 Å². The molecule has 3 aromatic rings. The van der Waals surface area contributed by atoms with E-state index in [1.54, 1.807) is 15.6 Å². The molecule has 0 unspecified atom stereocenters. The first-order valence-electron chi connectivity index (χ1n) is 7.99. The smallest absolute Gasteiger partial charge is 0.320 e. The number of anilines is 1. The van der Waals surface area contributed by atoms with Gasteiger partial charge in [-0.15, -0.1) is 0 Å². The second kappa shape index (κ2) is 7.18. The lowest BCUT2D eigenvalue weighted by Gasteiger charge is -2.10. The predicted octanol–water partition coefficient (Wildman–Crippen LogP) is 1.66. The quantitative estimate of drug-likeness (QED) is 0.658. The molecule has 1 aromatic carbocycles. The van der Waals surface area contributed by atoms with Crippen LogP contribution in [0.1, 0.15) is 5.56 Å². The molecule has 0 spiro atoms. The van der Waals surface area contributed by atoms with Gasteiger partial charge in [-0.2, -0.15) is 10.2 Å². The highest BCUT2D eigenvalue weighted by Crippen LogP contribution is 2.30. The molecule has 0 aliphatic rings. The van der Waals surface area contributed by atoms with Gasteiger partial charge < -0.3 is 11.1 Å². The Morgan fingerprint density at radius 2 is 2.04 bits per heavy atom. The van der Waals surface area contributed by atoms with Gasteiger partial charge in [-0.05, 0) is 19.1 Å². The van der Waals surface area contributed by atoms with Crippen LogP contribution in [-0.4, -0.2) is 38.7 Å². The molecule has 0 atom stereocenters. The minimum absolute atomic E-state index is 0.316. The summed E-state index contributed by atoms with van der Waals surface area (Å²) >= 11 is 0. The topological polar surface area (TPSA) is 103 Å². The molecule has 2 heterocycles. The van der Waals surface area contributed by atoms with Crippen molar-refractivity contribution in [1.82, 2.24) is 24.9 Å². The Morgan fingerprint density at radius 3 is 2.68 bits per heavy atom. The van der Waals surface area contributed by atoms with Crippen LogP contribution < -0.4 is 16.4 Å². The van der Waals surface area contributed by atoms with Gasteiger partial charge in [-0.1, -0.05) is 18.2 Å². The molecule has 8 heteroatoms. The Bertz CT molecular complexity index is 867. The SMILES string of the molecule is Cc1c(-c2cnn(C)c2)nn(-c2ccccc2)c1NC(=O)NCCN. The predicted molar refractivity (Wildman–Crippen MR) is 96.6 cm³/mol. The number of carbonyl (C=O) groups excluding carboxylic acids is 1. The highest BCUT2D eigenvalue weighted by Gasteiger charge is 2.19. The third-order valence-electron chi connectivity index (χ3n) is 3.76. The third kappa shape index (κ3) is 3.53. The van der Waals surface area contributed by atoms with Crippen molar-refractivity contribution in [2.24, 2.45) is 12.8 Å². The van der Waals surface area contributed by atoms with Crippen LogP contribution >= 0.6 is 0 Å². The Balaban J connectivity index is 2.04. The molecule has 2 amide bonds. The summed E-state index contributed by atoms with van der Waals surface area (Å²) in [5.41, 5.74) is 8.81. The molecule has 3 rings (SSSR count). The molecule has 25 heavy (non-hydrogen) atoms. The van der Waals surface area contributed by atoms with Gasteiger partial charge in [0.15, 0.2) is 0 Å². The maximum Gasteiger partial charge on any atom is 0.320 e. The Morgan fingerprint density at radius 1 is 1.28 bits per heavy atom. The van der Waals surface area contributed by atoms with Crippen molar-refractivity contribution in [1.29, 1.82) is 0 Å². The van der Waals surface area contributed by atoms with E-state index in [0.29, 0.717) is 18.9 Å². The second-order valence-electron chi connectivity index (χ2n) is 5.64. The lowest BCUT2D eigenvalue weighted by atomic mass is 10.1. The number of aromatic nitrogens is 4. The number of nitrogens with one attached hydrogen (secondary N) is 2. The van der Waals surface area contributed by atoms with Crippen LogP contribution in [0.3, 0.4) is 0 Å². The van der Waals surface area contributed by atoms with Crippen molar-refractivity contribution < 1.29 is 4.79 Å². The monoisotopic (exact) mass is 339 g/mol. The molecule has 0 aliphatic heterocycles. The van der Waals surface area contributed by atoms with Crippen LogP contribution in [-0.2, 0) is 7.05 Å². The molecule has 2 aromatic heterocycles. The van der Waals surface area contributed by atoms with Crippen LogP contribution in [0.15, 0.2) is 42.7 Å². The summed E-state index contributed by atoms with van der Waals surface area (Å²) in [6, 6.07) is 9.33. The highest BCUT2D eigenvalue weighted by atomic mass is 16.2. The van der Waals surface area contributed by atoms with Crippen LogP contribution in [0.25, 0.3) is 16.9 Å². The molecular formula is C17H21N7O. The molecule has 0 saturated carbocycles. The Kier molecular flexibility index (Phi) is 4.80. The van der Waals surface area contributed by atoms with Crippen LogP contribution in [0, 0.1) is 6.92 Å². The van der Waals surface area contributed by atoms with Gasteiger partial charge in [0.05, 0.1) is 11.9 Å². The van der Waals surface area contributed by atoms with E-state index >= 15 is 0 Å². The number of rotatable bonds is 5. The summed E-state index contributed by atoms with van der Waals surface area (Å²) in [5, 5.41) is 14.5. The third-order valence-corrected chi connectivity index (χ3v) is 3.76. The number of aryl methyl sites for hydroxylation is 1. The Labute approximate surface area is 145 Å². The van der Waals surface area contributed by atoms with Crippen molar-refractivity contribution in [3.8, 4) is 16.9 Å². The maximum atomic E-state index is 12.1. The lowest BCUT2D eigenvalue weighted by Crippen LogP contribution is -2.33. The molecule has 0 fully saturated rings. The lowest BCUT2D eigenvalue weighted by molar-refractivity contribution is 0.252. The number of carbonyl (C=O) groups is 1. The van der Waals surface area contributed by atoms with Gasteiger partial charge in [-0.3, -0.25) is 10.00 Å². The molecular weight excluding hydrogens is 318 g/mol. The standard InChI is InChI=1S/C17H21N7O/c1-12-15(13-10-20-23(2)11-13)22-24(14-6-4-3-5-7-14)16(12)21-17(25)19-9-8-18/h3-7,10-11H,8-9,18H2,1-2H3,(H2,19,21,25). The van der Waals surface area contributed by atoms with E-state index in [1.807, 2.05) is 50.5 Å². The summed E-state index contributed by atoms with van der Waals surface area (Å²) in [7, 11) is 1.85. The molecule has 4 N–H and O–H groups in total. The zero-order valence-corrected chi connectivity index (χ0v) is 14.2. The van der Waals surface area contributed by atoms with E-state index in [-0.39, 0.29) is 6.03 Å². The summed E-state index contributed by atoms with van der Waals surface area (Å²) in [4.78, 5) is 12.1. The van der Waals surface area contributed by atoms with Crippen LogP contribution in [0.4, 0.5) is 10.6 Å². The average molecular weight is 339 g/mol. The Hall–Kier alpha value is -3.13. The molecule has 0 bridgehead atoms. The van der Waals surface area contributed by atoms with Gasteiger partial charge in [0.2, 0.25) is 0 Å². The first-order chi connectivity index (χ1) is 12.1. The summed E-state index contributed by atoms with van der Waals surface area (Å²) in [6.07, 6.45) is 3.64. The normalized spacial score (nSPS) is 10.7. The van der Waals surface area contributed by atoms with Gasteiger partial charge in [0, 0.05) is 37.5 Å². The first-order valence-corrected chi connectivity index (χ1v) is 7.99. The van der Waals surface area contributed by atoms with E-state index in [9.17, 15) is 4.79 Å². The van der Waals surface area contributed by atoms with E-state index in [2.05, 4.69) is 15.7 Å². The van der Waals surface area contributed by atoms with Crippen molar-refractivity contribution >= 4 is 11.8 Å². The van der Waals surface area contributed by atoms with Gasteiger partial charge in [0.1, 0.15) is 11.5 Å². The fourth-order valence-electron chi connectivity index (χ4n) is 2.55. The fourth-order valence-corrected chi connectivity index (χ4v) is 2.55. The van der Waals surface area contributed by atoms with Crippen LogP contribution in [0.2, 0.25) is 0 Å². The van der Waals surface area contributed by atoms with E-state index in [4.69, 9.17) is 10.8 Å². The van der Waals surface area contributed by atoms with Crippen molar-refractivity contribution in [3.05, 3.63) is 48.3 Å². The molecule has 8 nitrogen and oxygen atoms in total. The highest BCUT2D eigenvalue weighted by molar-refractivity contribution is 5.90. The summed E-state index contributed by atoms with van der Waals surface area (Å²) in [5.74, 6) is 0.611. The van der Waals surface area contributed by atoms with Crippen molar-refractivity contribution in [3.63, 3.8) is 0 Å².